The lowest BCUT2D eigenvalue weighted by atomic mass is 10.2. The van der Waals surface area contributed by atoms with Crippen molar-refractivity contribution in [1.29, 1.82) is 0 Å². The number of hydrogen-bond acceptors (Lipinski definition) is 6. The van der Waals surface area contributed by atoms with Crippen LogP contribution in [0.1, 0.15) is 12.1 Å². The molecular weight excluding hydrogens is 376 g/mol. The summed E-state index contributed by atoms with van der Waals surface area (Å²) in [5.74, 6) is 1.91. The second-order valence-electron chi connectivity index (χ2n) is 5.96. The summed E-state index contributed by atoms with van der Waals surface area (Å²) in [7, 11) is 4.78. The van der Waals surface area contributed by atoms with Gasteiger partial charge in [0.15, 0.2) is 0 Å². The Bertz CT molecular complexity index is 955. The molecule has 3 aromatic rings. The van der Waals surface area contributed by atoms with Crippen LogP contribution in [0, 0.1) is 0 Å². The molecule has 1 N–H and O–H groups in total. The van der Waals surface area contributed by atoms with Gasteiger partial charge >= 0.3 is 0 Å². The lowest BCUT2D eigenvalue weighted by molar-refractivity contribution is -0.116. The van der Waals surface area contributed by atoms with Crippen LogP contribution in [0.3, 0.4) is 0 Å². The Hall–Kier alpha value is -3.06. The molecule has 0 aliphatic rings. The number of para-hydroxylation sites is 1. The summed E-state index contributed by atoms with van der Waals surface area (Å²) in [6.07, 6.45) is 0.875. The summed E-state index contributed by atoms with van der Waals surface area (Å²) in [5, 5.41) is 5.73. The van der Waals surface area contributed by atoms with Gasteiger partial charge in [0.1, 0.15) is 22.3 Å². The maximum absolute atomic E-state index is 12.3. The van der Waals surface area contributed by atoms with Crippen molar-refractivity contribution >= 4 is 22.9 Å². The molecule has 0 saturated carbocycles. The van der Waals surface area contributed by atoms with Crippen LogP contribution < -0.4 is 19.5 Å². The molecule has 0 bridgehead atoms. The number of aromatic nitrogens is 1. The summed E-state index contributed by atoms with van der Waals surface area (Å²) < 4.78 is 15.9. The zero-order valence-corrected chi connectivity index (χ0v) is 16.8. The molecule has 3 rings (SSSR count). The van der Waals surface area contributed by atoms with Crippen molar-refractivity contribution < 1.29 is 19.0 Å². The second kappa shape index (κ2) is 9.23. The number of anilines is 1. The predicted molar refractivity (Wildman–Crippen MR) is 111 cm³/mol. The van der Waals surface area contributed by atoms with E-state index in [9.17, 15) is 4.79 Å². The van der Waals surface area contributed by atoms with E-state index in [4.69, 9.17) is 14.2 Å². The van der Waals surface area contributed by atoms with Gasteiger partial charge in [0.05, 0.1) is 38.3 Å². The number of benzene rings is 2. The van der Waals surface area contributed by atoms with Crippen molar-refractivity contribution in [3.05, 3.63) is 53.5 Å². The van der Waals surface area contributed by atoms with Crippen molar-refractivity contribution in [1.82, 2.24) is 4.98 Å². The number of carbonyl (C=O) groups is 1. The van der Waals surface area contributed by atoms with Gasteiger partial charge in [-0.05, 0) is 30.7 Å². The van der Waals surface area contributed by atoms with E-state index in [1.807, 2.05) is 29.6 Å². The lowest BCUT2D eigenvalue weighted by Crippen LogP contribution is -2.13. The van der Waals surface area contributed by atoms with Crippen LogP contribution in [-0.2, 0) is 11.2 Å². The highest BCUT2D eigenvalue weighted by molar-refractivity contribution is 7.13. The molecule has 146 valence electrons. The summed E-state index contributed by atoms with van der Waals surface area (Å²) >= 11 is 1.54. The summed E-state index contributed by atoms with van der Waals surface area (Å²) in [6, 6.07) is 13.0. The number of hydrogen-bond donors (Lipinski definition) is 1. The van der Waals surface area contributed by atoms with Crippen molar-refractivity contribution in [3.8, 4) is 27.8 Å². The molecule has 0 radical (unpaired) electrons. The van der Waals surface area contributed by atoms with Crippen molar-refractivity contribution in [2.75, 3.05) is 26.6 Å². The number of methoxy groups -OCH3 is 3. The Balaban J connectivity index is 1.62. The van der Waals surface area contributed by atoms with Gasteiger partial charge in [0, 0.05) is 17.9 Å². The largest absolute Gasteiger partial charge is 0.497 e. The van der Waals surface area contributed by atoms with E-state index < -0.39 is 0 Å². The minimum Gasteiger partial charge on any atom is -0.497 e. The minimum atomic E-state index is -0.102. The summed E-state index contributed by atoms with van der Waals surface area (Å²) in [4.78, 5) is 17.0. The Morgan fingerprint density at radius 3 is 2.57 bits per heavy atom. The SMILES string of the molecule is COc1ccc(NC(=O)CCc2csc(-c3ccccc3OC)n2)c(OC)c1. The number of carbonyl (C=O) groups excluding carboxylic acids is 1. The molecule has 0 aliphatic heterocycles. The lowest BCUT2D eigenvalue weighted by Gasteiger charge is -2.11. The smallest absolute Gasteiger partial charge is 0.224 e. The van der Waals surface area contributed by atoms with Gasteiger partial charge in [0.2, 0.25) is 5.91 Å². The molecule has 1 heterocycles. The van der Waals surface area contributed by atoms with Gasteiger partial charge in [0.25, 0.3) is 0 Å². The fourth-order valence-electron chi connectivity index (χ4n) is 2.72. The molecule has 0 aliphatic carbocycles. The monoisotopic (exact) mass is 398 g/mol. The number of ether oxygens (including phenoxy) is 3. The Morgan fingerprint density at radius 2 is 1.82 bits per heavy atom. The average molecular weight is 398 g/mol. The summed E-state index contributed by atoms with van der Waals surface area (Å²) in [6.45, 7) is 0. The van der Waals surface area contributed by atoms with Crippen LogP contribution in [0.4, 0.5) is 5.69 Å². The van der Waals surface area contributed by atoms with Crippen LogP contribution >= 0.6 is 11.3 Å². The molecule has 1 amide bonds. The predicted octanol–water partition coefficient (Wildman–Crippen LogP) is 4.41. The van der Waals surface area contributed by atoms with E-state index in [-0.39, 0.29) is 5.91 Å². The van der Waals surface area contributed by atoms with E-state index in [1.165, 1.54) is 0 Å². The molecular formula is C21H22N2O4S. The summed E-state index contributed by atoms with van der Waals surface area (Å²) in [5.41, 5.74) is 2.44. The minimum absolute atomic E-state index is 0.102. The molecule has 2 aromatic carbocycles. The maximum atomic E-state index is 12.3. The highest BCUT2D eigenvalue weighted by atomic mass is 32.1. The number of aryl methyl sites for hydroxylation is 1. The first kappa shape index (κ1) is 19.7. The van der Waals surface area contributed by atoms with E-state index in [0.29, 0.717) is 30.0 Å². The van der Waals surface area contributed by atoms with Crippen molar-refractivity contribution in [2.24, 2.45) is 0 Å². The van der Waals surface area contributed by atoms with Crippen molar-refractivity contribution in [3.63, 3.8) is 0 Å². The quantitative estimate of drug-likeness (QED) is 0.609. The Kier molecular flexibility index (Phi) is 6.49. The maximum Gasteiger partial charge on any atom is 0.224 e. The van der Waals surface area contributed by atoms with Gasteiger partial charge in [-0.3, -0.25) is 4.79 Å². The molecule has 0 atom stereocenters. The van der Waals surface area contributed by atoms with E-state index in [1.54, 1.807) is 50.9 Å². The van der Waals surface area contributed by atoms with Gasteiger partial charge in [-0.15, -0.1) is 11.3 Å². The van der Waals surface area contributed by atoms with E-state index in [2.05, 4.69) is 10.3 Å². The van der Waals surface area contributed by atoms with Gasteiger partial charge in [-0.1, -0.05) is 12.1 Å². The standard InChI is InChI=1S/C21H22N2O4S/c1-25-15-9-10-17(19(12-15)27-3)23-20(24)11-8-14-13-28-21(22-14)16-6-4-5-7-18(16)26-2/h4-7,9-10,12-13H,8,11H2,1-3H3,(H,23,24). The van der Waals surface area contributed by atoms with Crippen molar-refractivity contribution in [2.45, 2.75) is 12.8 Å². The molecule has 6 nitrogen and oxygen atoms in total. The third-order valence-electron chi connectivity index (χ3n) is 4.18. The zero-order valence-electron chi connectivity index (χ0n) is 16.0. The highest BCUT2D eigenvalue weighted by Crippen LogP contribution is 2.32. The van der Waals surface area contributed by atoms with Crippen LogP contribution in [0.2, 0.25) is 0 Å². The first-order valence-electron chi connectivity index (χ1n) is 8.74. The fourth-order valence-corrected chi connectivity index (χ4v) is 3.61. The average Bonchev–Trinajstić information content (AvgIpc) is 3.21. The first-order chi connectivity index (χ1) is 13.6. The molecule has 0 fully saturated rings. The van der Waals surface area contributed by atoms with Gasteiger partial charge in [-0.2, -0.15) is 0 Å². The molecule has 1 aromatic heterocycles. The molecule has 28 heavy (non-hydrogen) atoms. The number of amides is 1. The topological polar surface area (TPSA) is 69.7 Å². The van der Waals surface area contributed by atoms with E-state index >= 15 is 0 Å². The Labute approximate surface area is 168 Å². The van der Waals surface area contributed by atoms with Gasteiger partial charge < -0.3 is 19.5 Å². The fraction of sp³-hybridized carbons (Fsp3) is 0.238. The number of nitrogens with zero attached hydrogens (tertiary/aromatic N) is 1. The normalized spacial score (nSPS) is 10.4. The highest BCUT2D eigenvalue weighted by Gasteiger charge is 2.12. The van der Waals surface area contributed by atoms with E-state index in [0.717, 1.165) is 22.0 Å². The van der Waals surface area contributed by atoms with Crippen LogP contribution in [0.15, 0.2) is 47.8 Å². The van der Waals surface area contributed by atoms with Crippen LogP contribution in [0.5, 0.6) is 17.2 Å². The van der Waals surface area contributed by atoms with Crippen LogP contribution in [0.25, 0.3) is 10.6 Å². The molecule has 7 heteroatoms. The Morgan fingerprint density at radius 1 is 1.04 bits per heavy atom. The third kappa shape index (κ3) is 4.61. The number of nitrogens with one attached hydrogen (secondary N) is 1. The van der Waals surface area contributed by atoms with Gasteiger partial charge in [-0.25, -0.2) is 4.98 Å². The number of thiazole rings is 1. The molecule has 0 spiro atoms. The molecule has 0 unspecified atom stereocenters. The zero-order chi connectivity index (χ0) is 19.9. The second-order valence-corrected chi connectivity index (χ2v) is 6.82. The third-order valence-corrected chi connectivity index (χ3v) is 5.10. The number of rotatable bonds is 8. The molecule has 0 saturated heterocycles. The van der Waals surface area contributed by atoms with Crippen LogP contribution in [-0.4, -0.2) is 32.2 Å². The first-order valence-corrected chi connectivity index (χ1v) is 9.62.